The number of nitrogens with zero attached hydrogens (tertiary/aromatic N) is 3. The first-order valence-corrected chi connectivity index (χ1v) is 7.82. The van der Waals surface area contributed by atoms with E-state index in [0.29, 0.717) is 25.3 Å². The van der Waals surface area contributed by atoms with Crippen LogP contribution in [-0.2, 0) is 0 Å². The molecule has 0 aliphatic carbocycles. The van der Waals surface area contributed by atoms with Crippen molar-refractivity contribution in [1.82, 2.24) is 20.0 Å². The lowest BCUT2D eigenvalue weighted by molar-refractivity contribution is 0.0521. The van der Waals surface area contributed by atoms with E-state index >= 15 is 0 Å². The molecule has 3 rings (SSSR count). The van der Waals surface area contributed by atoms with Crippen LogP contribution in [0.1, 0.15) is 23.8 Å². The number of hydrogen-bond donors (Lipinski definition) is 2. The molecule has 0 saturated carbocycles. The van der Waals surface area contributed by atoms with Gasteiger partial charge in [-0.05, 0) is 12.5 Å². The quantitative estimate of drug-likeness (QED) is 0.887. The third-order valence-corrected chi connectivity index (χ3v) is 4.27. The number of rotatable bonds is 4. The van der Waals surface area contributed by atoms with Crippen LogP contribution in [0.25, 0.3) is 10.9 Å². The fourth-order valence-corrected chi connectivity index (χ4v) is 2.84. The van der Waals surface area contributed by atoms with Gasteiger partial charge in [-0.2, -0.15) is 5.10 Å². The summed E-state index contributed by atoms with van der Waals surface area (Å²) in [6.45, 7) is 5.61. The molecule has 6 nitrogen and oxygen atoms in total. The van der Waals surface area contributed by atoms with Crippen molar-refractivity contribution in [2.75, 3.05) is 32.7 Å². The number of fused-ring (bicyclic) bond motifs is 1. The lowest BCUT2D eigenvalue weighted by Gasteiger charge is -2.35. The fraction of sp³-hybridized carbons (Fsp3) is 0.500. The Morgan fingerprint density at radius 3 is 2.77 bits per heavy atom. The lowest BCUT2D eigenvalue weighted by atomic mass is 10.2. The first-order valence-electron chi connectivity index (χ1n) is 7.82. The Balaban J connectivity index is 1.65. The number of aromatic nitrogens is 2. The van der Waals surface area contributed by atoms with Crippen molar-refractivity contribution in [2.45, 2.75) is 19.4 Å². The van der Waals surface area contributed by atoms with Gasteiger partial charge in [-0.1, -0.05) is 25.1 Å². The average Bonchev–Trinajstić information content (AvgIpc) is 2.99. The highest BCUT2D eigenvalue weighted by atomic mass is 16.3. The second kappa shape index (κ2) is 6.46. The monoisotopic (exact) mass is 302 g/mol. The molecule has 1 amide bonds. The molecule has 1 aromatic carbocycles. The van der Waals surface area contributed by atoms with Crippen LogP contribution < -0.4 is 0 Å². The number of β-amino-alcohol motifs (C(OH)–C–C–N with tert-alkyl or cyclic N) is 1. The number of aliphatic hydroxyl groups excluding tert-OH is 1. The molecular weight excluding hydrogens is 280 g/mol. The van der Waals surface area contributed by atoms with E-state index in [9.17, 15) is 9.90 Å². The number of carbonyl (C=O) groups excluding carboxylic acids is 1. The van der Waals surface area contributed by atoms with Gasteiger partial charge in [0.2, 0.25) is 0 Å². The van der Waals surface area contributed by atoms with Crippen molar-refractivity contribution in [2.24, 2.45) is 0 Å². The van der Waals surface area contributed by atoms with Crippen LogP contribution in [-0.4, -0.2) is 69.8 Å². The van der Waals surface area contributed by atoms with Gasteiger partial charge in [0.15, 0.2) is 5.69 Å². The van der Waals surface area contributed by atoms with E-state index in [2.05, 4.69) is 15.1 Å². The summed E-state index contributed by atoms with van der Waals surface area (Å²) in [5.41, 5.74) is 1.38. The van der Waals surface area contributed by atoms with E-state index in [1.807, 2.05) is 36.1 Å². The second-order valence-corrected chi connectivity index (χ2v) is 5.77. The molecular formula is C16H22N4O2. The van der Waals surface area contributed by atoms with Crippen molar-refractivity contribution in [3.8, 4) is 0 Å². The van der Waals surface area contributed by atoms with Gasteiger partial charge in [0, 0.05) is 38.1 Å². The highest BCUT2D eigenvalue weighted by Crippen LogP contribution is 2.17. The first-order chi connectivity index (χ1) is 10.7. The number of hydrogen-bond acceptors (Lipinski definition) is 4. The normalized spacial score (nSPS) is 17.8. The minimum Gasteiger partial charge on any atom is -0.392 e. The minimum absolute atomic E-state index is 0.0202. The largest absolute Gasteiger partial charge is 0.392 e. The zero-order valence-corrected chi connectivity index (χ0v) is 12.8. The third kappa shape index (κ3) is 2.98. The molecule has 0 bridgehead atoms. The molecule has 1 aromatic heterocycles. The molecule has 1 atom stereocenters. The summed E-state index contributed by atoms with van der Waals surface area (Å²) < 4.78 is 0. The molecule has 2 aromatic rings. The molecule has 1 aliphatic heterocycles. The summed E-state index contributed by atoms with van der Waals surface area (Å²) in [6.07, 6.45) is 0.482. The maximum atomic E-state index is 12.6. The molecule has 2 heterocycles. The Bertz CT molecular complexity index is 646. The van der Waals surface area contributed by atoms with Crippen LogP contribution in [0.4, 0.5) is 0 Å². The van der Waals surface area contributed by atoms with Crippen molar-refractivity contribution in [1.29, 1.82) is 0 Å². The van der Waals surface area contributed by atoms with Crippen LogP contribution in [0.3, 0.4) is 0 Å². The highest BCUT2D eigenvalue weighted by molar-refractivity contribution is 6.04. The molecule has 2 N–H and O–H groups in total. The fourth-order valence-electron chi connectivity index (χ4n) is 2.84. The summed E-state index contributed by atoms with van der Waals surface area (Å²) in [5, 5.41) is 17.7. The van der Waals surface area contributed by atoms with E-state index in [1.165, 1.54) is 0 Å². The van der Waals surface area contributed by atoms with Crippen molar-refractivity contribution in [3.05, 3.63) is 30.0 Å². The number of carbonyl (C=O) groups is 1. The van der Waals surface area contributed by atoms with Crippen LogP contribution in [0, 0.1) is 0 Å². The van der Waals surface area contributed by atoms with Crippen LogP contribution in [0.5, 0.6) is 0 Å². The number of H-pyrrole nitrogens is 1. The second-order valence-electron chi connectivity index (χ2n) is 5.77. The van der Waals surface area contributed by atoms with Gasteiger partial charge < -0.3 is 10.0 Å². The standard InChI is InChI=1S/C16H22N4O2/c1-2-12(21)11-19-7-9-20(10-8-19)16(22)15-13-5-3-4-6-14(13)17-18-15/h3-6,12,21H,2,7-11H2,1H3,(H,17,18)/t12-/m1/s1. The number of aliphatic hydroxyl groups is 1. The first kappa shape index (κ1) is 15.0. The number of para-hydroxylation sites is 1. The molecule has 118 valence electrons. The predicted molar refractivity (Wildman–Crippen MR) is 84.7 cm³/mol. The smallest absolute Gasteiger partial charge is 0.275 e. The Kier molecular flexibility index (Phi) is 4.40. The van der Waals surface area contributed by atoms with Crippen molar-refractivity contribution < 1.29 is 9.90 Å². The maximum Gasteiger partial charge on any atom is 0.275 e. The SMILES string of the molecule is CC[C@@H](O)CN1CCN(C(=O)c2n[nH]c3ccccc23)CC1. The molecule has 0 radical (unpaired) electrons. The molecule has 1 aliphatic rings. The lowest BCUT2D eigenvalue weighted by Crippen LogP contribution is -2.50. The van der Waals surface area contributed by atoms with E-state index in [4.69, 9.17) is 0 Å². The van der Waals surface area contributed by atoms with Crippen molar-refractivity contribution >= 4 is 16.8 Å². The highest BCUT2D eigenvalue weighted by Gasteiger charge is 2.25. The molecule has 22 heavy (non-hydrogen) atoms. The Morgan fingerprint density at radius 2 is 2.05 bits per heavy atom. The maximum absolute atomic E-state index is 12.6. The zero-order chi connectivity index (χ0) is 15.5. The number of nitrogens with one attached hydrogen (secondary N) is 1. The van der Waals surface area contributed by atoms with Gasteiger partial charge in [-0.15, -0.1) is 0 Å². The van der Waals surface area contributed by atoms with Gasteiger partial charge >= 0.3 is 0 Å². The van der Waals surface area contributed by atoms with Crippen LogP contribution in [0.15, 0.2) is 24.3 Å². The van der Waals surface area contributed by atoms with Gasteiger partial charge in [0.1, 0.15) is 0 Å². The van der Waals surface area contributed by atoms with E-state index in [0.717, 1.165) is 30.4 Å². The van der Waals surface area contributed by atoms with Crippen LogP contribution in [0.2, 0.25) is 0 Å². The Morgan fingerprint density at radius 1 is 1.32 bits per heavy atom. The molecule has 0 spiro atoms. The summed E-state index contributed by atoms with van der Waals surface area (Å²) in [6, 6.07) is 7.68. The molecule has 1 fully saturated rings. The summed E-state index contributed by atoms with van der Waals surface area (Å²) >= 11 is 0. The number of piperazine rings is 1. The van der Waals surface area contributed by atoms with E-state index in [-0.39, 0.29) is 12.0 Å². The van der Waals surface area contributed by atoms with Gasteiger partial charge in [-0.25, -0.2) is 0 Å². The topological polar surface area (TPSA) is 72.5 Å². The number of benzene rings is 1. The Hall–Kier alpha value is -1.92. The average molecular weight is 302 g/mol. The molecule has 0 unspecified atom stereocenters. The Labute approximate surface area is 129 Å². The number of amides is 1. The molecule has 6 heteroatoms. The predicted octanol–water partition coefficient (Wildman–Crippen LogP) is 1.09. The van der Waals surface area contributed by atoms with Gasteiger partial charge in [0.05, 0.1) is 11.6 Å². The van der Waals surface area contributed by atoms with Gasteiger partial charge in [0.25, 0.3) is 5.91 Å². The zero-order valence-electron chi connectivity index (χ0n) is 12.8. The minimum atomic E-state index is -0.280. The van der Waals surface area contributed by atoms with Gasteiger partial charge in [-0.3, -0.25) is 14.8 Å². The summed E-state index contributed by atoms with van der Waals surface area (Å²) in [4.78, 5) is 16.7. The molecule has 1 saturated heterocycles. The van der Waals surface area contributed by atoms with E-state index in [1.54, 1.807) is 0 Å². The van der Waals surface area contributed by atoms with Crippen LogP contribution >= 0.6 is 0 Å². The summed E-state index contributed by atoms with van der Waals surface area (Å²) in [7, 11) is 0. The third-order valence-electron chi connectivity index (χ3n) is 4.27. The van der Waals surface area contributed by atoms with E-state index < -0.39 is 0 Å². The number of aromatic amines is 1. The summed E-state index contributed by atoms with van der Waals surface area (Å²) in [5.74, 6) is -0.0202. The van der Waals surface area contributed by atoms with Crippen molar-refractivity contribution in [3.63, 3.8) is 0 Å².